The van der Waals surface area contributed by atoms with Crippen molar-refractivity contribution in [1.29, 1.82) is 0 Å². The quantitative estimate of drug-likeness (QED) is 0.243. The number of nitrogens with one attached hydrogen (secondary N) is 1. The van der Waals surface area contributed by atoms with Gasteiger partial charge in [-0.1, -0.05) is 13.8 Å². The third kappa shape index (κ3) is 5.13. The molecule has 1 unspecified atom stereocenters. The van der Waals surface area contributed by atoms with E-state index in [2.05, 4.69) is 5.32 Å². The lowest BCUT2D eigenvalue weighted by molar-refractivity contribution is -0.384. The fraction of sp³-hybridized carbons (Fsp3) is 0.227. The van der Waals surface area contributed by atoms with Crippen LogP contribution >= 0.6 is 11.3 Å². The molecule has 3 aromatic rings. The van der Waals surface area contributed by atoms with E-state index in [-0.39, 0.29) is 28.2 Å². The third-order valence-corrected chi connectivity index (χ3v) is 5.62. The molecule has 3 rings (SSSR count). The number of rotatable bonds is 7. The van der Waals surface area contributed by atoms with E-state index in [1.807, 2.05) is 0 Å². The van der Waals surface area contributed by atoms with Crippen LogP contribution in [-0.4, -0.2) is 28.7 Å². The molecule has 160 valence electrons. The SMILES string of the molecule is CC(C)C(=O)Nc1ccc(C(=O)C(C)OC(=O)c2cc3cc([N+](=O)[O-])ccc3s2)cc1. The Kier molecular flexibility index (Phi) is 6.45. The van der Waals surface area contributed by atoms with Gasteiger partial charge < -0.3 is 10.1 Å². The van der Waals surface area contributed by atoms with Gasteiger partial charge in [-0.3, -0.25) is 19.7 Å². The van der Waals surface area contributed by atoms with E-state index in [4.69, 9.17) is 4.74 Å². The molecule has 0 aliphatic carbocycles. The van der Waals surface area contributed by atoms with Crippen LogP contribution in [0.5, 0.6) is 0 Å². The number of fused-ring (bicyclic) bond motifs is 1. The number of amides is 1. The van der Waals surface area contributed by atoms with Crippen molar-refractivity contribution in [1.82, 2.24) is 0 Å². The second kappa shape index (κ2) is 9.05. The number of non-ortho nitro benzene ring substituents is 1. The van der Waals surface area contributed by atoms with Gasteiger partial charge in [0.15, 0.2) is 6.10 Å². The van der Waals surface area contributed by atoms with Crippen LogP contribution in [0.4, 0.5) is 11.4 Å². The van der Waals surface area contributed by atoms with Gasteiger partial charge in [0.2, 0.25) is 11.7 Å². The minimum Gasteiger partial charge on any atom is -0.450 e. The van der Waals surface area contributed by atoms with Crippen LogP contribution in [0.15, 0.2) is 48.5 Å². The van der Waals surface area contributed by atoms with E-state index in [9.17, 15) is 24.5 Å². The van der Waals surface area contributed by atoms with Crippen molar-refractivity contribution in [2.24, 2.45) is 5.92 Å². The molecular formula is C22H20N2O6S. The maximum Gasteiger partial charge on any atom is 0.349 e. The molecule has 1 N–H and O–H groups in total. The zero-order valence-corrected chi connectivity index (χ0v) is 17.9. The first-order valence-corrected chi connectivity index (χ1v) is 10.3. The Labute approximate surface area is 182 Å². The number of nitro groups is 1. The Morgan fingerprint density at radius 3 is 2.32 bits per heavy atom. The van der Waals surface area contributed by atoms with Gasteiger partial charge in [-0.15, -0.1) is 11.3 Å². The predicted octanol–water partition coefficient (Wildman–Crippen LogP) is 4.83. The van der Waals surface area contributed by atoms with Crippen LogP contribution in [-0.2, 0) is 9.53 Å². The van der Waals surface area contributed by atoms with E-state index in [0.29, 0.717) is 21.3 Å². The Balaban J connectivity index is 1.67. The molecule has 0 spiro atoms. The number of ether oxygens (including phenoxy) is 1. The second-order valence-corrected chi connectivity index (χ2v) is 8.31. The number of thiophene rings is 1. The minimum absolute atomic E-state index is 0.0678. The van der Waals surface area contributed by atoms with Gasteiger partial charge >= 0.3 is 5.97 Å². The van der Waals surface area contributed by atoms with Crippen LogP contribution in [0.25, 0.3) is 10.1 Å². The highest BCUT2D eigenvalue weighted by Crippen LogP contribution is 2.29. The summed E-state index contributed by atoms with van der Waals surface area (Å²) in [7, 11) is 0. The molecule has 0 aliphatic rings. The highest BCUT2D eigenvalue weighted by molar-refractivity contribution is 7.20. The van der Waals surface area contributed by atoms with Gasteiger partial charge in [-0.05, 0) is 43.3 Å². The van der Waals surface area contributed by atoms with Gasteiger partial charge in [0.25, 0.3) is 5.69 Å². The molecule has 0 radical (unpaired) electrons. The number of esters is 1. The Morgan fingerprint density at radius 2 is 1.71 bits per heavy atom. The largest absolute Gasteiger partial charge is 0.450 e. The summed E-state index contributed by atoms with van der Waals surface area (Å²) in [5, 5.41) is 14.2. The Hall–Kier alpha value is -3.59. The number of ketones is 1. The highest BCUT2D eigenvalue weighted by atomic mass is 32.1. The van der Waals surface area contributed by atoms with Crippen molar-refractivity contribution in [3.05, 3.63) is 69.1 Å². The summed E-state index contributed by atoms with van der Waals surface area (Å²) >= 11 is 1.14. The zero-order valence-electron chi connectivity index (χ0n) is 17.1. The number of anilines is 1. The third-order valence-electron chi connectivity index (χ3n) is 4.53. The fourth-order valence-electron chi connectivity index (χ4n) is 2.76. The first-order valence-electron chi connectivity index (χ1n) is 9.50. The minimum atomic E-state index is -1.02. The fourth-order valence-corrected chi connectivity index (χ4v) is 3.68. The van der Waals surface area contributed by atoms with Crippen LogP contribution in [0.1, 0.15) is 40.8 Å². The molecule has 1 amide bonds. The predicted molar refractivity (Wildman–Crippen MR) is 118 cm³/mol. The second-order valence-electron chi connectivity index (χ2n) is 7.22. The number of carbonyl (C=O) groups is 3. The van der Waals surface area contributed by atoms with Crippen molar-refractivity contribution < 1.29 is 24.0 Å². The summed E-state index contributed by atoms with van der Waals surface area (Å²) < 4.78 is 6.01. The van der Waals surface area contributed by atoms with Crippen LogP contribution < -0.4 is 5.32 Å². The van der Waals surface area contributed by atoms with Gasteiger partial charge in [0, 0.05) is 39.4 Å². The summed E-state index contributed by atoms with van der Waals surface area (Å²) in [5.41, 5.74) is 0.843. The molecule has 31 heavy (non-hydrogen) atoms. The number of benzene rings is 2. The van der Waals surface area contributed by atoms with E-state index >= 15 is 0 Å². The van der Waals surface area contributed by atoms with Crippen molar-refractivity contribution in [2.45, 2.75) is 26.9 Å². The Bertz CT molecular complexity index is 1170. The van der Waals surface area contributed by atoms with E-state index in [1.54, 1.807) is 44.2 Å². The molecule has 1 atom stereocenters. The summed E-state index contributed by atoms with van der Waals surface area (Å²) in [4.78, 5) is 47.5. The molecule has 1 heterocycles. The van der Waals surface area contributed by atoms with E-state index in [1.165, 1.54) is 25.1 Å². The molecule has 0 fully saturated rings. The number of hydrogen-bond acceptors (Lipinski definition) is 7. The zero-order chi connectivity index (χ0) is 22.7. The lowest BCUT2D eigenvalue weighted by atomic mass is 10.1. The molecule has 9 heteroatoms. The molecule has 1 aromatic heterocycles. The van der Waals surface area contributed by atoms with E-state index < -0.39 is 17.0 Å². The van der Waals surface area contributed by atoms with Gasteiger partial charge in [-0.2, -0.15) is 0 Å². The summed E-state index contributed by atoms with van der Waals surface area (Å²) in [6.07, 6.45) is -1.02. The van der Waals surface area contributed by atoms with Crippen molar-refractivity contribution in [3.8, 4) is 0 Å². The van der Waals surface area contributed by atoms with Gasteiger partial charge in [-0.25, -0.2) is 4.79 Å². The summed E-state index contributed by atoms with van der Waals surface area (Å²) in [5.74, 6) is -1.35. The number of carbonyl (C=O) groups excluding carboxylic acids is 3. The number of nitrogens with zero attached hydrogens (tertiary/aromatic N) is 1. The first-order chi connectivity index (χ1) is 14.7. The monoisotopic (exact) mass is 440 g/mol. The van der Waals surface area contributed by atoms with E-state index in [0.717, 1.165) is 11.3 Å². The van der Waals surface area contributed by atoms with Crippen molar-refractivity contribution >= 4 is 50.5 Å². The average Bonchev–Trinajstić information content (AvgIpc) is 3.17. The molecule has 0 saturated heterocycles. The van der Waals surface area contributed by atoms with Crippen LogP contribution in [0.2, 0.25) is 0 Å². The maximum atomic E-state index is 12.6. The molecule has 8 nitrogen and oxygen atoms in total. The summed E-state index contributed by atoms with van der Waals surface area (Å²) in [6.45, 7) is 5.04. The molecular weight excluding hydrogens is 420 g/mol. The number of Topliss-reactive ketones (excluding diaryl/α,β-unsaturated/α-hetero) is 1. The first kappa shape index (κ1) is 22.1. The molecule has 0 saturated carbocycles. The Morgan fingerprint density at radius 1 is 1.03 bits per heavy atom. The van der Waals surface area contributed by atoms with Crippen molar-refractivity contribution in [3.63, 3.8) is 0 Å². The summed E-state index contributed by atoms with van der Waals surface area (Å²) in [6, 6.07) is 12.2. The van der Waals surface area contributed by atoms with Crippen LogP contribution in [0.3, 0.4) is 0 Å². The van der Waals surface area contributed by atoms with Gasteiger partial charge in [0.05, 0.1) is 4.92 Å². The lowest BCUT2D eigenvalue weighted by Gasteiger charge is -2.12. The number of hydrogen-bond donors (Lipinski definition) is 1. The smallest absolute Gasteiger partial charge is 0.349 e. The molecule has 0 bridgehead atoms. The normalized spacial score (nSPS) is 11.9. The standard InChI is InChI=1S/C22H20N2O6S/c1-12(2)21(26)23-16-6-4-14(5-7-16)20(25)13(3)30-22(27)19-11-15-10-17(24(28)29)8-9-18(15)31-19/h4-13H,1-3H3,(H,23,26). The maximum absolute atomic E-state index is 12.6. The topological polar surface area (TPSA) is 116 Å². The van der Waals surface area contributed by atoms with Crippen LogP contribution in [0, 0.1) is 16.0 Å². The van der Waals surface area contributed by atoms with Crippen molar-refractivity contribution in [2.75, 3.05) is 5.32 Å². The molecule has 2 aromatic carbocycles. The number of nitro benzene ring substituents is 1. The molecule has 0 aliphatic heterocycles. The average molecular weight is 440 g/mol. The van der Waals surface area contributed by atoms with Gasteiger partial charge in [0.1, 0.15) is 4.88 Å². The highest BCUT2D eigenvalue weighted by Gasteiger charge is 2.22. The lowest BCUT2D eigenvalue weighted by Crippen LogP contribution is -2.24.